The van der Waals surface area contributed by atoms with Gasteiger partial charge in [0.15, 0.2) is 0 Å². The summed E-state index contributed by atoms with van der Waals surface area (Å²) >= 11 is 0. The average molecular weight is 730 g/mol. The van der Waals surface area contributed by atoms with Crippen LogP contribution in [0.4, 0.5) is 17.1 Å². The molecular formula is C56H39N. The summed E-state index contributed by atoms with van der Waals surface area (Å²) in [5.41, 5.74) is 10.8. The molecule has 57 heavy (non-hydrogen) atoms. The summed E-state index contributed by atoms with van der Waals surface area (Å²) in [5, 5.41) is 4.79. The molecule has 0 unspecified atom stereocenters. The first-order chi connectivity index (χ1) is 30.0. The maximum atomic E-state index is 9.61. The molecule has 0 saturated heterocycles. The van der Waals surface area contributed by atoms with Gasteiger partial charge in [0.05, 0.1) is 11.2 Å². The molecule has 0 radical (unpaired) electrons. The van der Waals surface area contributed by atoms with Gasteiger partial charge in [0.1, 0.15) is 0 Å². The van der Waals surface area contributed by atoms with Crippen LogP contribution in [0.5, 0.6) is 0 Å². The number of para-hydroxylation sites is 1. The molecule has 0 aliphatic carbocycles. The smallest absolute Gasteiger partial charge is 0.0645 e. The van der Waals surface area contributed by atoms with Crippen molar-refractivity contribution in [1.29, 1.82) is 0 Å². The predicted octanol–water partition coefficient (Wildman–Crippen LogP) is 15.8. The molecule has 10 rings (SSSR count). The zero-order valence-electron chi connectivity index (χ0n) is 35.2. The lowest BCUT2D eigenvalue weighted by atomic mass is 9.88. The van der Waals surface area contributed by atoms with Crippen molar-refractivity contribution < 1.29 is 5.48 Å². The van der Waals surface area contributed by atoms with Crippen molar-refractivity contribution in [1.82, 2.24) is 0 Å². The average Bonchev–Trinajstić information content (AvgIpc) is 3.33. The number of rotatable bonds is 8. The van der Waals surface area contributed by atoms with E-state index in [0.717, 1.165) is 55.6 Å². The number of hydrogen-bond donors (Lipinski definition) is 0. The molecule has 268 valence electrons. The summed E-state index contributed by atoms with van der Waals surface area (Å²) < 4.78 is 37.9. The second-order valence-corrected chi connectivity index (χ2v) is 14.2. The van der Waals surface area contributed by atoms with Crippen LogP contribution in [0.15, 0.2) is 236 Å². The van der Waals surface area contributed by atoms with Crippen LogP contribution < -0.4 is 4.90 Å². The first kappa shape index (κ1) is 29.8. The Morgan fingerprint density at radius 1 is 0.281 bits per heavy atom. The van der Waals surface area contributed by atoms with Gasteiger partial charge in [-0.15, -0.1) is 0 Å². The van der Waals surface area contributed by atoms with Crippen molar-refractivity contribution in [2.75, 3.05) is 4.90 Å². The van der Waals surface area contributed by atoms with Crippen molar-refractivity contribution >= 4 is 38.6 Å². The standard InChI is InChI=1S/C56H39N/c1-3-15-40(16-4-1)41-29-34-47(35-30-41)57(48-36-31-42(32-37-48)45-33-38-51-46(39-45)28-27-44-19-7-8-20-49(44)51)56-26-14-13-25-55(56)54-24-12-11-23-53(54)52-22-10-9-21-50(52)43-17-5-2-6-18-43/h1-39H/i29D,30D,34D,35D. The Hall–Kier alpha value is -7.48. The SMILES string of the molecule is [2H]c1c([2H])c(N(c2ccc(-c3ccc4c(ccc5ccccc54)c3)cc2)c2ccccc2-c2ccccc2-c2ccccc2-c2ccccc2)c([2H])c([2H])c1-c1ccccc1. The Labute approximate surface area is 340 Å². The van der Waals surface area contributed by atoms with Crippen molar-refractivity contribution in [2.24, 2.45) is 0 Å². The summed E-state index contributed by atoms with van der Waals surface area (Å²) in [6.45, 7) is 0. The van der Waals surface area contributed by atoms with E-state index in [0.29, 0.717) is 11.3 Å². The Morgan fingerprint density at radius 3 is 1.49 bits per heavy atom. The van der Waals surface area contributed by atoms with Gasteiger partial charge < -0.3 is 4.90 Å². The van der Waals surface area contributed by atoms with Crippen molar-refractivity contribution in [2.45, 2.75) is 0 Å². The molecule has 0 saturated carbocycles. The highest BCUT2D eigenvalue weighted by Crippen LogP contribution is 2.45. The minimum atomic E-state index is -0.122. The monoisotopic (exact) mass is 729 g/mol. The van der Waals surface area contributed by atoms with E-state index < -0.39 is 0 Å². The second kappa shape index (κ2) is 15.0. The van der Waals surface area contributed by atoms with E-state index in [1.54, 1.807) is 0 Å². The minimum Gasteiger partial charge on any atom is -0.310 e. The third-order valence-electron chi connectivity index (χ3n) is 10.8. The van der Waals surface area contributed by atoms with E-state index in [1.807, 2.05) is 77.7 Å². The summed E-state index contributed by atoms with van der Waals surface area (Å²) in [4.78, 5) is 1.90. The van der Waals surface area contributed by atoms with Gasteiger partial charge in [-0.1, -0.05) is 200 Å². The van der Waals surface area contributed by atoms with Gasteiger partial charge in [0, 0.05) is 16.9 Å². The van der Waals surface area contributed by atoms with Gasteiger partial charge in [-0.05, 0) is 108 Å². The molecular weight excluding hydrogens is 687 g/mol. The van der Waals surface area contributed by atoms with Crippen LogP contribution in [0.2, 0.25) is 0 Å². The summed E-state index contributed by atoms with van der Waals surface area (Å²) in [6, 6.07) is 71.6. The molecule has 0 atom stereocenters. The molecule has 0 aliphatic rings. The molecule has 0 aromatic heterocycles. The van der Waals surface area contributed by atoms with Gasteiger partial charge >= 0.3 is 0 Å². The summed E-state index contributed by atoms with van der Waals surface area (Å²) in [7, 11) is 0. The maximum absolute atomic E-state index is 9.61. The zero-order valence-corrected chi connectivity index (χ0v) is 31.2. The molecule has 0 amide bonds. The van der Waals surface area contributed by atoms with Crippen LogP contribution >= 0.6 is 0 Å². The topological polar surface area (TPSA) is 3.24 Å². The van der Waals surface area contributed by atoms with Gasteiger partial charge in [0.2, 0.25) is 0 Å². The van der Waals surface area contributed by atoms with E-state index in [4.69, 9.17) is 0 Å². The molecule has 0 heterocycles. The quantitative estimate of drug-likeness (QED) is 0.141. The van der Waals surface area contributed by atoms with Gasteiger partial charge in [-0.3, -0.25) is 0 Å². The molecule has 1 nitrogen and oxygen atoms in total. The molecule has 0 aliphatic heterocycles. The fraction of sp³-hybridized carbons (Fsp3) is 0. The third-order valence-corrected chi connectivity index (χ3v) is 10.8. The minimum absolute atomic E-state index is 0.0952. The summed E-state index contributed by atoms with van der Waals surface area (Å²) in [5.74, 6) is 0. The van der Waals surface area contributed by atoms with E-state index in [9.17, 15) is 5.48 Å². The molecule has 0 bridgehead atoms. The van der Waals surface area contributed by atoms with Crippen LogP contribution in [-0.4, -0.2) is 0 Å². The Kier molecular flexibility index (Phi) is 7.84. The number of hydrogen-bond acceptors (Lipinski definition) is 1. The fourth-order valence-corrected chi connectivity index (χ4v) is 7.99. The Morgan fingerprint density at radius 2 is 0.772 bits per heavy atom. The molecule has 10 aromatic rings. The number of benzene rings is 10. The highest BCUT2D eigenvalue weighted by molar-refractivity contribution is 6.08. The fourth-order valence-electron chi connectivity index (χ4n) is 7.99. The molecule has 0 N–H and O–H groups in total. The zero-order chi connectivity index (χ0) is 41.5. The van der Waals surface area contributed by atoms with Gasteiger partial charge in [-0.25, -0.2) is 0 Å². The highest BCUT2D eigenvalue weighted by Gasteiger charge is 2.20. The van der Waals surface area contributed by atoms with Gasteiger partial charge in [-0.2, -0.15) is 0 Å². The van der Waals surface area contributed by atoms with Gasteiger partial charge in [0.25, 0.3) is 0 Å². The Balaban J connectivity index is 1.16. The number of nitrogens with zero attached hydrogens (tertiary/aromatic N) is 1. The first-order valence-corrected chi connectivity index (χ1v) is 19.3. The lowest BCUT2D eigenvalue weighted by molar-refractivity contribution is 1.28. The largest absolute Gasteiger partial charge is 0.310 e. The van der Waals surface area contributed by atoms with Crippen LogP contribution in [-0.2, 0) is 0 Å². The van der Waals surface area contributed by atoms with Crippen molar-refractivity contribution in [3.63, 3.8) is 0 Å². The third kappa shape index (κ3) is 6.56. The number of fused-ring (bicyclic) bond motifs is 3. The molecule has 0 spiro atoms. The van der Waals surface area contributed by atoms with Crippen LogP contribution in [0.1, 0.15) is 5.48 Å². The molecule has 0 fully saturated rings. The Bertz CT molecular complexity index is 3210. The first-order valence-electron chi connectivity index (χ1n) is 21.3. The summed E-state index contributed by atoms with van der Waals surface area (Å²) in [6.07, 6.45) is 0. The maximum Gasteiger partial charge on any atom is 0.0645 e. The van der Waals surface area contributed by atoms with Crippen LogP contribution in [0.3, 0.4) is 0 Å². The number of anilines is 3. The van der Waals surface area contributed by atoms with Crippen molar-refractivity contribution in [3.8, 4) is 55.6 Å². The van der Waals surface area contributed by atoms with Crippen LogP contribution in [0.25, 0.3) is 77.2 Å². The van der Waals surface area contributed by atoms with E-state index in [1.165, 1.54) is 16.2 Å². The van der Waals surface area contributed by atoms with E-state index in [2.05, 4.69) is 140 Å². The normalized spacial score (nSPS) is 12.1. The lowest BCUT2D eigenvalue weighted by Crippen LogP contribution is -2.11. The molecule has 10 aromatic carbocycles. The van der Waals surface area contributed by atoms with E-state index >= 15 is 0 Å². The van der Waals surface area contributed by atoms with Crippen LogP contribution in [0, 0.1) is 0 Å². The highest BCUT2D eigenvalue weighted by atomic mass is 15.1. The molecule has 1 heteroatoms. The second-order valence-electron chi connectivity index (χ2n) is 14.2. The van der Waals surface area contributed by atoms with E-state index in [-0.39, 0.29) is 35.4 Å². The predicted molar refractivity (Wildman–Crippen MR) is 243 cm³/mol. The van der Waals surface area contributed by atoms with Crippen molar-refractivity contribution in [3.05, 3.63) is 236 Å². The lowest BCUT2D eigenvalue weighted by Gasteiger charge is -2.29.